The molecule has 2 N–H and O–H groups in total. The van der Waals surface area contributed by atoms with Crippen LogP contribution in [0.15, 0.2) is 15.9 Å². The van der Waals surface area contributed by atoms with Gasteiger partial charge in [-0.2, -0.15) is 0 Å². The van der Waals surface area contributed by atoms with Crippen LogP contribution in [-0.2, 0) is 29.0 Å². The number of hydroxylamine groups is 1. The van der Waals surface area contributed by atoms with E-state index in [1.54, 1.807) is 6.07 Å². The molecule has 0 saturated carbocycles. The number of hydrogen-bond donors (Lipinski definition) is 2. The maximum Gasteiger partial charge on any atom is 0.245 e. The van der Waals surface area contributed by atoms with E-state index in [9.17, 15) is 13.2 Å². The third-order valence-corrected chi connectivity index (χ3v) is 9.22. The number of ether oxygens (including phenoxy) is 1. The van der Waals surface area contributed by atoms with Gasteiger partial charge in [0.15, 0.2) is 16.1 Å². The molecule has 1 unspecified atom stereocenters. The van der Waals surface area contributed by atoms with Crippen LogP contribution in [-0.4, -0.2) is 46.1 Å². The van der Waals surface area contributed by atoms with Gasteiger partial charge in [0.1, 0.15) is 4.75 Å². The van der Waals surface area contributed by atoms with Crippen molar-refractivity contribution in [2.24, 2.45) is 0 Å². The standard InChI is InChI=1S/C16H23BrN2O5S2/c17-13-5-4-12(25-13)16(6-7-18-8-10-26(16,21)22)11-14(20)19-24-15-3-1-2-9-23-15/h4-5,15,18H,1-3,6-11H2,(H,19,20)/t15?,16-/m0/s1. The molecule has 0 aliphatic carbocycles. The Bertz CT molecular complexity index is 733. The molecule has 2 atom stereocenters. The zero-order valence-electron chi connectivity index (χ0n) is 14.3. The van der Waals surface area contributed by atoms with Gasteiger partial charge in [-0.1, -0.05) is 0 Å². The van der Waals surface area contributed by atoms with E-state index in [4.69, 9.17) is 9.57 Å². The molecule has 26 heavy (non-hydrogen) atoms. The van der Waals surface area contributed by atoms with Gasteiger partial charge in [0.2, 0.25) is 5.91 Å². The number of thiophene rings is 1. The first-order valence-corrected chi connectivity index (χ1v) is 11.9. The van der Waals surface area contributed by atoms with Crippen LogP contribution in [0.3, 0.4) is 0 Å². The highest BCUT2D eigenvalue weighted by molar-refractivity contribution is 9.11. The molecule has 1 aromatic rings. The van der Waals surface area contributed by atoms with Gasteiger partial charge in [0, 0.05) is 24.4 Å². The minimum Gasteiger partial charge on any atom is -0.350 e. The molecule has 2 fully saturated rings. The smallest absolute Gasteiger partial charge is 0.245 e. The van der Waals surface area contributed by atoms with E-state index < -0.39 is 26.8 Å². The maximum absolute atomic E-state index is 13.1. The molecule has 0 bridgehead atoms. The molecule has 1 amide bonds. The highest BCUT2D eigenvalue weighted by Gasteiger charge is 2.48. The maximum atomic E-state index is 13.1. The summed E-state index contributed by atoms with van der Waals surface area (Å²) in [5.41, 5.74) is 2.40. The van der Waals surface area contributed by atoms with Crippen LogP contribution in [0.2, 0.25) is 0 Å². The summed E-state index contributed by atoms with van der Waals surface area (Å²) in [6, 6.07) is 3.61. The lowest BCUT2D eigenvalue weighted by Gasteiger charge is -2.31. The lowest BCUT2D eigenvalue weighted by molar-refractivity contribution is -0.200. The third kappa shape index (κ3) is 4.48. The SMILES string of the molecule is O=C(C[C@]1(c2ccc(Br)s2)CCNCCS1(=O)=O)NOC1CCCCO1. The monoisotopic (exact) mass is 466 g/mol. The Balaban J connectivity index is 1.78. The van der Waals surface area contributed by atoms with Crippen LogP contribution in [0.4, 0.5) is 0 Å². The second-order valence-corrected chi connectivity index (χ2v) is 11.4. The first kappa shape index (κ1) is 20.2. The topological polar surface area (TPSA) is 93.7 Å². The van der Waals surface area contributed by atoms with Crippen LogP contribution >= 0.6 is 27.3 Å². The highest BCUT2D eigenvalue weighted by Crippen LogP contribution is 2.43. The van der Waals surface area contributed by atoms with Gasteiger partial charge in [-0.05, 0) is 53.9 Å². The van der Waals surface area contributed by atoms with E-state index in [0.29, 0.717) is 37.4 Å². The number of carbonyl (C=O) groups is 1. The molecule has 0 aromatic carbocycles. The van der Waals surface area contributed by atoms with E-state index in [1.165, 1.54) is 11.3 Å². The van der Waals surface area contributed by atoms with Crippen molar-refractivity contribution in [1.82, 2.24) is 10.8 Å². The van der Waals surface area contributed by atoms with Crippen molar-refractivity contribution in [2.45, 2.75) is 43.1 Å². The Morgan fingerprint density at radius 3 is 2.96 bits per heavy atom. The Kier molecular flexibility index (Phi) is 6.73. The van der Waals surface area contributed by atoms with E-state index >= 15 is 0 Å². The number of sulfone groups is 1. The molecule has 146 valence electrons. The second kappa shape index (κ2) is 8.66. The number of halogens is 1. The lowest BCUT2D eigenvalue weighted by atomic mass is 9.97. The predicted octanol–water partition coefficient (Wildman–Crippen LogP) is 2.08. The van der Waals surface area contributed by atoms with E-state index in [-0.39, 0.29) is 12.2 Å². The van der Waals surface area contributed by atoms with E-state index in [0.717, 1.165) is 16.6 Å². The number of amides is 1. The van der Waals surface area contributed by atoms with Crippen molar-refractivity contribution in [3.63, 3.8) is 0 Å². The summed E-state index contributed by atoms with van der Waals surface area (Å²) < 4.78 is 31.2. The zero-order valence-corrected chi connectivity index (χ0v) is 17.6. The number of rotatable bonds is 5. The van der Waals surface area contributed by atoms with Crippen LogP contribution in [0.1, 0.15) is 37.0 Å². The Hall–Kier alpha value is -0.520. The van der Waals surface area contributed by atoms with Crippen molar-refractivity contribution in [3.05, 3.63) is 20.8 Å². The summed E-state index contributed by atoms with van der Waals surface area (Å²) in [6.45, 7) is 1.53. The molecule has 7 nitrogen and oxygen atoms in total. The predicted molar refractivity (Wildman–Crippen MR) is 102 cm³/mol. The molecule has 2 aliphatic heterocycles. The molecule has 0 spiro atoms. The molecule has 0 radical (unpaired) electrons. The quantitative estimate of drug-likeness (QED) is 0.645. The average Bonchev–Trinajstić information content (AvgIpc) is 2.99. The molecule has 2 saturated heterocycles. The van der Waals surface area contributed by atoms with Gasteiger partial charge in [-0.25, -0.2) is 18.7 Å². The molecular formula is C16H23BrN2O5S2. The van der Waals surface area contributed by atoms with Gasteiger partial charge < -0.3 is 10.1 Å². The van der Waals surface area contributed by atoms with E-state index in [2.05, 4.69) is 26.7 Å². The molecule has 2 aliphatic rings. The van der Waals surface area contributed by atoms with E-state index in [1.807, 2.05) is 6.07 Å². The van der Waals surface area contributed by atoms with Gasteiger partial charge in [0.25, 0.3) is 0 Å². The summed E-state index contributed by atoms with van der Waals surface area (Å²) in [5, 5.41) is 3.12. The fourth-order valence-electron chi connectivity index (χ4n) is 3.32. The average molecular weight is 467 g/mol. The third-order valence-electron chi connectivity index (χ3n) is 4.76. The number of hydrogen-bond acceptors (Lipinski definition) is 7. The largest absolute Gasteiger partial charge is 0.350 e. The van der Waals surface area contributed by atoms with Crippen molar-refractivity contribution < 1.29 is 22.8 Å². The molecule has 1 aromatic heterocycles. The normalized spacial score (nSPS) is 29.0. The van der Waals surface area contributed by atoms with Gasteiger partial charge in [-0.3, -0.25) is 4.79 Å². The molecule has 3 heterocycles. The van der Waals surface area contributed by atoms with Crippen molar-refractivity contribution in [2.75, 3.05) is 25.4 Å². The van der Waals surface area contributed by atoms with Gasteiger partial charge in [-0.15, -0.1) is 11.3 Å². The minimum atomic E-state index is -3.52. The summed E-state index contributed by atoms with van der Waals surface area (Å²) in [6.07, 6.45) is 2.38. The minimum absolute atomic E-state index is 0.00237. The Morgan fingerprint density at radius 1 is 1.42 bits per heavy atom. The molecule has 3 rings (SSSR count). The summed E-state index contributed by atoms with van der Waals surface area (Å²) >= 11 is 4.75. The van der Waals surface area contributed by atoms with Crippen molar-refractivity contribution in [3.8, 4) is 0 Å². The Morgan fingerprint density at radius 2 is 2.27 bits per heavy atom. The molecule has 10 heteroatoms. The first-order chi connectivity index (χ1) is 12.4. The highest BCUT2D eigenvalue weighted by atomic mass is 79.9. The van der Waals surface area contributed by atoms with Crippen LogP contribution in [0.25, 0.3) is 0 Å². The van der Waals surface area contributed by atoms with Crippen LogP contribution < -0.4 is 10.8 Å². The second-order valence-electron chi connectivity index (χ2n) is 6.53. The summed E-state index contributed by atoms with van der Waals surface area (Å²) in [7, 11) is -3.52. The fourth-order valence-corrected chi connectivity index (χ4v) is 7.27. The fraction of sp³-hybridized carbons (Fsp3) is 0.688. The first-order valence-electron chi connectivity index (χ1n) is 8.68. The van der Waals surface area contributed by atoms with Gasteiger partial charge in [0.05, 0.1) is 16.0 Å². The van der Waals surface area contributed by atoms with Gasteiger partial charge >= 0.3 is 0 Å². The lowest BCUT2D eigenvalue weighted by Crippen LogP contribution is -2.43. The zero-order chi connectivity index (χ0) is 18.6. The summed E-state index contributed by atoms with van der Waals surface area (Å²) in [4.78, 5) is 18.6. The van der Waals surface area contributed by atoms with Crippen molar-refractivity contribution in [1.29, 1.82) is 0 Å². The Labute approximate surface area is 165 Å². The number of nitrogens with one attached hydrogen (secondary N) is 2. The van der Waals surface area contributed by atoms with Crippen LogP contribution in [0.5, 0.6) is 0 Å². The van der Waals surface area contributed by atoms with Crippen LogP contribution in [0, 0.1) is 0 Å². The number of carbonyl (C=O) groups excluding carboxylic acids is 1. The molecular weight excluding hydrogens is 444 g/mol. The van der Waals surface area contributed by atoms with Crippen molar-refractivity contribution >= 4 is 43.0 Å². The summed E-state index contributed by atoms with van der Waals surface area (Å²) in [5.74, 6) is -0.447.